The first-order valence-corrected chi connectivity index (χ1v) is 10.8. The number of hydroxylamine groups is 1. The van der Waals surface area contributed by atoms with Crippen molar-refractivity contribution < 1.29 is 23.5 Å². The highest BCUT2D eigenvalue weighted by atomic mass is 79.9. The number of anilines is 2. The quantitative estimate of drug-likeness (QED) is 0.480. The van der Waals surface area contributed by atoms with Crippen LogP contribution in [0.3, 0.4) is 0 Å². The van der Waals surface area contributed by atoms with E-state index in [0.29, 0.717) is 27.0 Å². The van der Waals surface area contributed by atoms with Crippen LogP contribution in [0.5, 0.6) is 0 Å². The van der Waals surface area contributed by atoms with E-state index in [4.69, 9.17) is 14.3 Å². The molecule has 1 fully saturated rings. The number of carbonyl (C=O) groups is 1. The first-order chi connectivity index (χ1) is 14.3. The zero-order valence-electron chi connectivity index (χ0n) is 16.2. The van der Waals surface area contributed by atoms with E-state index in [1.807, 2.05) is 13.8 Å². The third-order valence-electron chi connectivity index (χ3n) is 4.39. The maximum absolute atomic E-state index is 14.4. The largest absolute Gasteiger partial charge is 0.351 e. The first-order valence-electron chi connectivity index (χ1n) is 9.15. The van der Waals surface area contributed by atoms with E-state index in [9.17, 15) is 9.18 Å². The van der Waals surface area contributed by atoms with E-state index in [0.717, 1.165) is 4.70 Å². The number of fused-ring (bicyclic) bond motifs is 1. The lowest BCUT2D eigenvalue weighted by Crippen LogP contribution is -2.30. The lowest BCUT2D eigenvalue weighted by atomic mass is 10.2. The molecule has 1 atom stereocenters. The molecule has 1 aromatic carbocycles. The summed E-state index contributed by atoms with van der Waals surface area (Å²) >= 11 is 4.50. The topological polar surface area (TPSA) is 81.7 Å². The molecule has 0 unspecified atom stereocenters. The number of benzene rings is 1. The maximum atomic E-state index is 14.4. The number of hydrogen-bond acceptors (Lipinski definition) is 7. The molecule has 2 N–H and O–H groups in total. The molecule has 1 amide bonds. The second-order valence-corrected chi connectivity index (χ2v) is 9.09. The first kappa shape index (κ1) is 21.1. The van der Waals surface area contributed by atoms with Gasteiger partial charge in [-0.25, -0.2) is 9.87 Å². The number of hydrogen-bond donors (Lipinski definition) is 2. The van der Waals surface area contributed by atoms with Crippen molar-refractivity contribution in [2.75, 3.05) is 18.5 Å². The standard InChI is InChI=1S/C20H19BrFN3O4S/c1-20(2)27-9-12(29-20)10-28-25-19(26)18-17(13-8-23-6-5-16(13)30-18)24-15-4-3-11(21)7-14(15)22/h3-8,12,24H,9-10H2,1-2H3,(H,25,26)/t12-/m1/s1. The van der Waals surface area contributed by atoms with E-state index < -0.39 is 17.5 Å². The third kappa shape index (κ3) is 4.62. The number of amides is 1. The van der Waals surface area contributed by atoms with Crippen molar-refractivity contribution in [3.05, 3.63) is 51.8 Å². The molecule has 2 aromatic heterocycles. The van der Waals surface area contributed by atoms with Gasteiger partial charge in [0.15, 0.2) is 5.79 Å². The van der Waals surface area contributed by atoms with Crippen molar-refractivity contribution in [1.82, 2.24) is 10.5 Å². The normalized spacial score (nSPS) is 17.9. The monoisotopic (exact) mass is 495 g/mol. The van der Waals surface area contributed by atoms with Gasteiger partial charge in [0.05, 0.1) is 18.0 Å². The smallest absolute Gasteiger partial charge is 0.287 e. The van der Waals surface area contributed by atoms with Gasteiger partial charge in [-0.3, -0.25) is 14.6 Å². The fraction of sp³-hybridized carbons (Fsp3) is 0.300. The van der Waals surface area contributed by atoms with Crippen LogP contribution in [0.2, 0.25) is 0 Å². The van der Waals surface area contributed by atoms with Crippen molar-refractivity contribution in [3.63, 3.8) is 0 Å². The predicted molar refractivity (Wildman–Crippen MR) is 115 cm³/mol. The number of nitrogens with one attached hydrogen (secondary N) is 2. The van der Waals surface area contributed by atoms with Gasteiger partial charge in [0.25, 0.3) is 5.91 Å². The number of rotatable bonds is 6. The second-order valence-electron chi connectivity index (χ2n) is 7.12. The zero-order valence-corrected chi connectivity index (χ0v) is 18.6. The van der Waals surface area contributed by atoms with Gasteiger partial charge in [-0.15, -0.1) is 11.3 Å². The summed E-state index contributed by atoms with van der Waals surface area (Å²) in [6.45, 7) is 4.16. The molecule has 0 aliphatic carbocycles. The molecule has 3 heterocycles. The van der Waals surface area contributed by atoms with Crippen LogP contribution in [0.25, 0.3) is 10.1 Å². The highest BCUT2D eigenvalue weighted by molar-refractivity contribution is 9.10. The van der Waals surface area contributed by atoms with Gasteiger partial charge in [-0.1, -0.05) is 15.9 Å². The van der Waals surface area contributed by atoms with Crippen molar-refractivity contribution in [2.24, 2.45) is 0 Å². The average molecular weight is 496 g/mol. The van der Waals surface area contributed by atoms with Gasteiger partial charge < -0.3 is 14.8 Å². The highest BCUT2D eigenvalue weighted by Gasteiger charge is 2.33. The van der Waals surface area contributed by atoms with E-state index in [1.165, 1.54) is 17.4 Å². The van der Waals surface area contributed by atoms with E-state index >= 15 is 0 Å². The van der Waals surface area contributed by atoms with Crippen LogP contribution in [-0.4, -0.2) is 36.0 Å². The Bertz CT molecular complexity index is 1090. The Morgan fingerprint density at radius 2 is 2.27 bits per heavy atom. The molecule has 4 rings (SSSR count). The second kappa shape index (κ2) is 8.56. The Balaban J connectivity index is 1.53. The number of halogens is 2. The fourth-order valence-corrected chi connectivity index (χ4v) is 4.39. The number of pyridine rings is 1. The molecule has 3 aromatic rings. The summed E-state index contributed by atoms with van der Waals surface area (Å²) < 4.78 is 26.9. The van der Waals surface area contributed by atoms with Crippen molar-refractivity contribution in [1.29, 1.82) is 0 Å². The average Bonchev–Trinajstić information content (AvgIpc) is 3.24. The molecule has 158 valence electrons. The van der Waals surface area contributed by atoms with E-state index in [2.05, 4.69) is 31.7 Å². The molecule has 1 aliphatic heterocycles. The van der Waals surface area contributed by atoms with Crippen LogP contribution in [0.15, 0.2) is 41.1 Å². The molecule has 7 nitrogen and oxygen atoms in total. The summed E-state index contributed by atoms with van der Waals surface area (Å²) in [5.41, 5.74) is 3.15. The van der Waals surface area contributed by atoms with Gasteiger partial charge in [-0.05, 0) is 38.1 Å². The number of aromatic nitrogens is 1. The van der Waals surface area contributed by atoms with E-state index in [1.54, 1.807) is 30.6 Å². The molecule has 10 heteroatoms. The van der Waals surface area contributed by atoms with Gasteiger partial charge in [0, 0.05) is 27.0 Å². The summed E-state index contributed by atoms with van der Waals surface area (Å²) in [7, 11) is 0. The van der Waals surface area contributed by atoms with Crippen LogP contribution in [0, 0.1) is 5.82 Å². The predicted octanol–water partition coefficient (Wildman–Crippen LogP) is 4.75. The molecule has 1 aliphatic rings. The summed E-state index contributed by atoms with van der Waals surface area (Å²) in [5, 5.41) is 3.74. The Kier molecular flexibility index (Phi) is 6.03. The molecule has 0 bridgehead atoms. The molecule has 1 saturated heterocycles. The molecular formula is C20H19BrFN3O4S. The Labute approximate surface area is 184 Å². The molecule has 30 heavy (non-hydrogen) atoms. The fourth-order valence-electron chi connectivity index (χ4n) is 3.04. The minimum Gasteiger partial charge on any atom is -0.351 e. The number of ether oxygens (including phenoxy) is 2. The number of thiophene rings is 1. The maximum Gasteiger partial charge on any atom is 0.287 e. The summed E-state index contributed by atoms with van der Waals surface area (Å²) in [5.74, 6) is -1.56. The van der Waals surface area contributed by atoms with Gasteiger partial charge in [0.2, 0.25) is 0 Å². The SMILES string of the molecule is CC1(C)OC[C@H](CONC(=O)c2sc3ccncc3c2Nc2ccc(Br)cc2F)O1. The number of nitrogens with zero attached hydrogens (tertiary/aromatic N) is 1. The molecule has 0 spiro atoms. The third-order valence-corrected chi connectivity index (χ3v) is 6.05. The Morgan fingerprint density at radius 1 is 1.43 bits per heavy atom. The zero-order chi connectivity index (χ0) is 21.3. The van der Waals surface area contributed by atoms with E-state index in [-0.39, 0.29) is 18.4 Å². The molecular weight excluding hydrogens is 477 g/mol. The van der Waals surface area contributed by atoms with Gasteiger partial charge >= 0.3 is 0 Å². The summed E-state index contributed by atoms with van der Waals surface area (Å²) in [6, 6.07) is 6.46. The van der Waals surface area contributed by atoms with Crippen LogP contribution in [-0.2, 0) is 14.3 Å². The van der Waals surface area contributed by atoms with Gasteiger partial charge in [0.1, 0.15) is 23.4 Å². The van der Waals surface area contributed by atoms with Crippen molar-refractivity contribution in [3.8, 4) is 0 Å². The summed E-state index contributed by atoms with van der Waals surface area (Å²) in [6.07, 6.45) is 3.00. The van der Waals surface area contributed by atoms with Crippen molar-refractivity contribution in [2.45, 2.75) is 25.7 Å². The highest BCUT2D eigenvalue weighted by Crippen LogP contribution is 2.37. The Hall–Kier alpha value is -2.11. The summed E-state index contributed by atoms with van der Waals surface area (Å²) in [4.78, 5) is 22.6. The minimum absolute atomic E-state index is 0.145. The van der Waals surface area contributed by atoms with Crippen molar-refractivity contribution >= 4 is 54.6 Å². The lowest BCUT2D eigenvalue weighted by Gasteiger charge is -2.17. The molecule has 0 radical (unpaired) electrons. The van der Waals surface area contributed by atoms with Crippen LogP contribution in [0.1, 0.15) is 23.5 Å². The van der Waals surface area contributed by atoms with Crippen LogP contribution in [0.4, 0.5) is 15.8 Å². The number of carbonyl (C=O) groups excluding carboxylic acids is 1. The van der Waals surface area contributed by atoms with Crippen LogP contribution < -0.4 is 10.8 Å². The lowest BCUT2D eigenvalue weighted by molar-refractivity contribution is -0.147. The van der Waals surface area contributed by atoms with Crippen LogP contribution >= 0.6 is 27.3 Å². The molecule has 0 saturated carbocycles. The minimum atomic E-state index is -0.664. The van der Waals surface area contributed by atoms with Gasteiger partial charge in [-0.2, -0.15) is 0 Å². The Morgan fingerprint density at radius 3 is 3.00 bits per heavy atom.